The molecule has 14 nitrogen and oxygen atoms in total. The molecule has 2 N–H and O–H groups in total. The van der Waals surface area contributed by atoms with E-state index < -0.39 is 59.9 Å². The summed E-state index contributed by atoms with van der Waals surface area (Å²) in [7, 11) is 0. The molecule has 0 saturated carbocycles. The van der Waals surface area contributed by atoms with Gasteiger partial charge < -0.3 is 29.4 Å². The summed E-state index contributed by atoms with van der Waals surface area (Å²) in [5.41, 5.74) is 0.564. The molecular weight excluding hydrogens is 634 g/mol. The molecule has 4 heterocycles. The molecule has 15 heteroatoms. The van der Waals surface area contributed by atoms with Crippen molar-refractivity contribution in [3.8, 4) is 5.75 Å². The Balaban J connectivity index is 1.38. The lowest BCUT2D eigenvalue weighted by Gasteiger charge is -2.31. The number of aryl methyl sites for hydroxylation is 2. The third-order valence-electron chi connectivity index (χ3n) is 8.27. The molecule has 0 unspecified atom stereocenters. The van der Waals surface area contributed by atoms with E-state index >= 15 is 0 Å². The maximum atomic E-state index is 13.5. The Morgan fingerprint density at radius 1 is 1.28 bits per heavy atom. The average molecular weight is 670 g/mol. The van der Waals surface area contributed by atoms with Crippen LogP contribution in [0.5, 0.6) is 5.75 Å². The van der Waals surface area contributed by atoms with Crippen LogP contribution in [0, 0.1) is 13.8 Å². The molecule has 250 valence electrons. The molecule has 3 aromatic rings. The van der Waals surface area contributed by atoms with Gasteiger partial charge in [0.25, 0.3) is 5.91 Å². The van der Waals surface area contributed by atoms with Crippen molar-refractivity contribution in [3.63, 3.8) is 0 Å². The Kier molecular flexibility index (Phi) is 9.40. The Bertz CT molecular complexity index is 1770. The van der Waals surface area contributed by atoms with Crippen molar-refractivity contribution in [2.45, 2.75) is 89.8 Å². The van der Waals surface area contributed by atoms with Crippen LogP contribution < -0.4 is 10.1 Å². The second-order valence-corrected chi connectivity index (χ2v) is 12.7. The van der Waals surface area contributed by atoms with E-state index in [0.717, 1.165) is 11.1 Å². The highest BCUT2D eigenvalue weighted by atomic mass is 35.5. The number of cyclic esters (lactones) is 1. The van der Waals surface area contributed by atoms with Gasteiger partial charge in [-0.05, 0) is 42.6 Å². The molecule has 2 saturated heterocycles. The number of benzene rings is 1. The van der Waals surface area contributed by atoms with Gasteiger partial charge in [-0.2, -0.15) is 9.97 Å². The molecule has 47 heavy (non-hydrogen) atoms. The molecule has 1 amide bonds. The number of nitrogens with one attached hydrogen (secondary N) is 1. The molecule has 2 aliphatic heterocycles. The summed E-state index contributed by atoms with van der Waals surface area (Å²) >= 11 is 6.21. The van der Waals surface area contributed by atoms with E-state index in [-0.39, 0.29) is 47.9 Å². The van der Waals surface area contributed by atoms with E-state index in [2.05, 4.69) is 26.8 Å². The van der Waals surface area contributed by atoms with Crippen molar-refractivity contribution in [1.82, 2.24) is 19.5 Å². The number of hydrogen-bond donors (Lipinski definition) is 2. The molecule has 2 aliphatic rings. The molecule has 2 aromatic heterocycles. The van der Waals surface area contributed by atoms with Crippen LogP contribution >= 0.6 is 11.6 Å². The van der Waals surface area contributed by atoms with Crippen LogP contribution in [0.25, 0.3) is 11.2 Å². The second-order valence-electron chi connectivity index (χ2n) is 12.4. The third kappa shape index (κ3) is 6.85. The Hall–Kier alpha value is -4.40. The van der Waals surface area contributed by atoms with Crippen LogP contribution in [0.3, 0.4) is 0 Å². The Morgan fingerprint density at radius 2 is 2.02 bits per heavy atom. The maximum Gasteiger partial charge on any atom is 0.308 e. The number of imidazole rings is 1. The number of hydrogen-bond acceptors (Lipinski definition) is 12. The van der Waals surface area contributed by atoms with Gasteiger partial charge in [0, 0.05) is 37.2 Å². The molecule has 0 radical (unpaired) electrons. The number of ether oxygens (including phenoxy) is 4. The van der Waals surface area contributed by atoms with Crippen molar-refractivity contribution < 1.29 is 43.2 Å². The number of rotatable bonds is 10. The molecule has 0 bridgehead atoms. The molecule has 4 atom stereocenters. The number of halogens is 1. The summed E-state index contributed by atoms with van der Waals surface area (Å²) in [6.45, 7) is 12.1. The fourth-order valence-corrected chi connectivity index (χ4v) is 6.40. The van der Waals surface area contributed by atoms with Gasteiger partial charge in [-0.15, -0.1) is 0 Å². The minimum absolute atomic E-state index is 0.00608. The SMILES string of the molecule is C=C[C@]1(CO)O[C@@H](n2cnc3c(NC(=O)[C@H]4CCC(=O)O4)nc(Cl)nc32)C[C@@H]1OC(=O)CC(C)(C)c1c(C)cc(C)cc1OC(C)=O. The fraction of sp³-hybridized carbons (Fsp3) is 0.469. The number of carbonyl (C=O) groups excluding carboxylic acids is 4. The van der Waals surface area contributed by atoms with Crippen molar-refractivity contribution in [2.75, 3.05) is 11.9 Å². The van der Waals surface area contributed by atoms with E-state index in [1.165, 1.54) is 23.9 Å². The van der Waals surface area contributed by atoms with Crippen molar-refractivity contribution in [2.24, 2.45) is 0 Å². The molecule has 1 aromatic carbocycles. The standard InChI is InChI=1S/C32H36ClN5O9/c1-7-32(14-39)21(46-24(42)13-31(5,6)25-17(3)10-16(2)11-20(25)44-18(4)40)12-22(47-32)38-15-34-26-27(36-30(33)37-28(26)38)35-29(43)19-8-9-23(41)45-19/h7,10-11,15,19,21-22,39H,1,8-9,12-14H2,2-6H3,(H,35,36,37,43)/t19-,21+,22-,32-/m1/s1. The number of aliphatic hydroxyl groups is 1. The van der Waals surface area contributed by atoms with Gasteiger partial charge in [-0.1, -0.05) is 32.6 Å². The molecule has 0 spiro atoms. The van der Waals surface area contributed by atoms with Gasteiger partial charge in [-0.3, -0.25) is 23.7 Å². The van der Waals surface area contributed by atoms with Crippen LogP contribution in [-0.2, 0) is 38.8 Å². The maximum absolute atomic E-state index is 13.5. The third-order valence-corrected chi connectivity index (χ3v) is 8.43. The van der Waals surface area contributed by atoms with Crippen LogP contribution in [0.15, 0.2) is 31.1 Å². The minimum atomic E-state index is -1.47. The minimum Gasteiger partial charge on any atom is -0.459 e. The van der Waals surface area contributed by atoms with E-state index in [1.807, 2.05) is 33.8 Å². The Labute approximate surface area is 275 Å². The largest absolute Gasteiger partial charge is 0.459 e. The number of aromatic nitrogens is 4. The summed E-state index contributed by atoms with van der Waals surface area (Å²) in [5.74, 6) is -1.72. The lowest BCUT2D eigenvalue weighted by molar-refractivity contribution is -0.161. The van der Waals surface area contributed by atoms with Crippen molar-refractivity contribution in [3.05, 3.63) is 53.1 Å². The first-order valence-electron chi connectivity index (χ1n) is 15.0. The number of aliphatic hydroxyl groups excluding tert-OH is 1. The number of nitrogens with zero attached hydrogens (tertiary/aromatic N) is 4. The normalized spacial score (nSPS) is 22.6. The van der Waals surface area contributed by atoms with Gasteiger partial charge in [0.15, 0.2) is 23.1 Å². The number of esters is 3. The van der Waals surface area contributed by atoms with Gasteiger partial charge in [0.2, 0.25) is 5.28 Å². The zero-order chi connectivity index (χ0) is 34.3. The summed E-state index contributed by atoms with van der Waals surface area (Å²) < 4.78 is 24.3. The monoisotopic (exact) mass is 669 g/mol. The summed E-state index contributed by atoms with van der Waals surface area (Å²) in [6, 6.07) is 3.71. The molecule has 2 fully saturated rings. The molecular formula is C32H36ClN5O9. The number of fused-ring (bicyclic) bond motifs is 1. The lowest BCUT2D eigenvalue weighted by Crippen LogP contribution is -2.44. The van der Waals surface area contributed by atoms with Gasteiger partial charge >= 0.3 is 17.9 Å². The first kappa shape index (κ1) is 33.9. The second kappa shape index (κ2) is 13.0. The van der Waals surface area contributed by atoms with Crippen LogP contribution in [0.2, 0.25) is 5.28 Å². The summed E-state index contributed by atoms with van der Waals surface area (Å²) in [5, 5.41) is 12.8. The zero-order valence-electron chi connectivity index (χ0n) is 26.7. The van der Waals surface area contributed by atoms with Crippen LogP contribution in [0.1, 0.15) is 69.4 Å². The molecule has 0 aliphatic carbocycles. The van der Waals surface area contributed by atoms with E-state index in [1.54, 1.807) is 6.07 Å². The highest BCUT2D eigenvalue weighted by molar-refractivity contribution is 6.28. The highest BCUT2D eigenvalue weighted by Crippen LogP contribution is 2.43. The fourth-order valence-electron chi connectivity index (χ4n) is 6.24. The topological polar surface area (TPSA) is 181 Å². The highest BCUT2D eigenvalue weighted by Gasteiger charge is 2.50. The van der Waals surface area contributed by atoms with E-state index in [4.69, 9.17) is 30.5 Å². The van der Waals surface area contributed by atoms with Crippen LogP contribution in [0.4, 0.5) is 5.82 Å². The Morgan fingerprint density at radius 3 is 2.66 bits per heavy atom. The van der Waals surface area contributed by atoms with Crippen LogP contribution in [-0.4, -0.2) is 72.9 Å². The van der Waals surface area contributed by atoms with E-state index in [0.29, 0.717) is 11.3 Å². The zero-order valence-corrected chi connectivity index (χ0v) is 27.4. The lowest BCUT2D eigenvalue weighted by atomic mass is 9.78. The number of amides is 1. The van der Waals surface area contributed by atoms with Crippen molar-refractivity contribution in [1.29, 1.82) is 0 Å². The van der Waals surface area contributed by atoms with Gasteiger partial charge in [0.05, 0.1) is 19.4 Å². The smallest absolute Gasteiger partial charge is 0.308 e. The summed E-state index contributed by atoms with van der Waals surface area (Å²) in [4.78, 5) is 62.3. The first-order valence-corrected chi connectivity index (χ1v) is 15.4. The average Bonchev–Trinajstić information content (AvgIpc) is 3.68. The molecule has 5 rings (SSSR count). The van der Waals surface area contributed by atoms with E-state index in [9.17, 15) is 24.3 Å². The number of carbonyl (C=O) groups is 4. The van der Waals surface area contributed by atoms with Crippen molar-refractivity contribution >= 4 is 52.4 Å². The van der Waals surface area contributed by atoms with Gasteiger partial charge in [0.1, 0.15) is 23.7 Å². The quantitative estimate of drug-likeness (QED) is 0.138. The predicted octanol–water partition coefficient (Wildman–Crippen LogP) is 3.78. The predicted molar refractivity (Wildman–Crippen MR) is 168 cm³/mol. The number of anilines is 1. The van der Waals surface area contributed by atoms with Gasteiger partial charge in [-0.25, -0.2) is 4.98 Å². The summed E-state index contributed by atoms with van der Waals surface area (Å²) in [6.07, 6.45) is 0.369. The first-order chi connectivity index (χ1) is 22.2.